The Morgan fingerprint density at radius 1 is 1.00 bits per heavy atom. The molecule has 1 heterocycles. The van der Waals surface area contributed by atoms with Crippen LogP contribution < -0.4 is 15.6 Å². The Morgan fingerprint density at radius 2 is 1.75 bits per heavy atom. The number of carbonyl (C=O) groups excluding carboxylic acids is 2. The molecule has 0 radical (unpaired) electrons. The summed E-state index contributed by atoms with van der Waals surface area (Å²) in [5.41, 5.74) is 6.96. The molecule has 182 valence electrons. The van der Waals surface area contributed by atoms with E-state index in [0.717, 1.165) is 23.3 Å². The Labute approximate surface area is 205 Å². The number of hydrogen-bond acceptors (Lipinski definition) is 7. The molecular formula is C26H21N3O7. The molecule has 2 amide bonds. The van der Waals surface area contributed by atoms with Crippen molar-refractivity contribution in [2.45, 2.75) is 13.5 Å². The van der Waals surface area contributed by atoms with Crippen LogP contribution in [0.4, 0.5) is 5.69 Å². The van der Waals surface area contributed by atoms with E-state index in [2.05, 4.69) is 10.9 Å². The summed E-state index contributed by atoms with van der Waals surface area (Å²) in [7, 11) is 0. The summed E-state index contributed by atoms with van der Waals surface area (Å²) in [5, 5.41) is 20.5. The molecule has 10 heteroatoms. The number of rotatable bonds is 7. The predicted octanol–water partition coefficient (Wildman–Crippen LogP) is 4.52. The number of carbonyl (C=O) groups is 2. The van der Waals surface area contributed by atoms with Crippen molar-refractivity contribution in [1.29, 1.82) is 0 Å². The van der Waals surface area contributed by atoms with Gasteiger partial charge >= 0.3 is 11.6 Å². The molecule has 0 saturated heterocycles. The molecule has 10 nitrogen and oxygen atoms in total. The number of nitrogens with one attached hydrogen (secondary N) is 2. The van der Waals surface area contributed by atoms with Gasteiger partial charge in [-0.05, 0) is 48.4 Å². The molecule has 36 heavy (non-hydrogen) atoms. The van der Waals surface area contributed by atoms with Crippen LogP contribution in [0, 0.1) is 17.0 Å². The van der Waals surface area contributed by atoms with Crippen molar-refractivity contribution in [1.82, 2.24) is 10.9 Å². The normalized spacial score (nSPS) is 10.5. The Kier molecular flexibility index (Phi) is 6.96. The molecular weight excluding hydrogens is 466 g/mol. The first-order valence-electron chi connectivity index (χ1n) is 10.8. The number of furan rings is 1. The molecule has 0 atom stereocenters. The number of aryl methyl sites for hydroxylation is 1. The van der Waals surface area contributed by atoms with Crippen molar-refractivity contribution >= 4 is 17.5 Å². The number of ether oxygens (including phenoxy) is 1. The first-order chi connectivity index (χ1) is 17.3. The number of nitrogens with zero attached hydrogens (tertiary/aromatic N) is 1. The van der Waals surface area contributed by atoms with Crippen LogP contribution in [0.5, 0.6) is 11.5 Å². The fourth-order valence-electron chi connectivity index (χ4n) is 3.37. The Morgan fingerprint density at radius 3 is 2.50 bits per heavy atom. The van der Waals surface area contributed by atoms with Gasteiger partial charge in [-0.2, -0.15) is 0 Å². The third-order valence-corrected chi connectivity index (χ3v) is 5.27. The van der Waals surface area contributed by atoms with E-state index < -0.39 is 28.2 Å². The van der Waals surface area contributed by atoms with Crippen molar-refractivity contribution in [2.75, 3.05) is 0 Å². The highest BCUT2D eigenvalue weighted by molar-refractivity contribution is 6.01. The van der Waals surface area contributed by atoms with Gasteiger partial charge in [0.15, 0.2) is 5.75 Å². The third kappa shape index (κ3) is 5.50. The minimum Gasteiger partial charge on any atom is -0.502 e. The first-order valence-corrected chi connectivity index (χ1v) is 10.8. The number of phenols is 1. The van der Waals surface area contributed by atoms with Crippen LogP contribution >= 0.6 is 0 Å². The zero-order chi connectivity index (χ0) is 25.7. The molecule has 0 bridgehead atoms. The van der Waals surface area contributed by atoms with Crippen LogP contribution in [0.15, 0.2) is 83.5 Å². The van der Waals surface area contributed by atoms with E-state index in [1.807, 2.05) is 31.2 Å². The molecule has 0 aliphatic carbocycles. The second-order valence-electron chi connectivity index (χ2n) is 7.83. The molecule has 0 aliphatic rings. The second kappa shape index (κ2) is 10.4. The van der Waals surface area contributed by atoms with Gasteiger partial charge in [0.05, 0.1) is 11.2 Å². The number of nitro benzene ring substituents is 1. The van der Waals surface area contributed by atoms with Gasteiger partial charge in [-0.15, -0.1) is 0 Å². The fraction of sp³-hybridized carbons (Fsp3) is 0.0769. The molecule has 3 aromatic carbocycles. The van der Waals surface area contributed by atoms with Crippen molar-refractivity contribution in [3.63, 3.8) is 0 Å². The lowest BCUT2D eigenvalue weighted by atomic mass is 10.1. The molecule has 1 aromatic heterocycles. The van der Waals surface area contributed by atoms with E-state index in [1.54, 1.807) is 30.3 Å². The number of nitro groups is 1. The quantitative estimate of drug-likeness (QED) is 0.257. The molecule has 0 saturated carbocycles. The van der Waals surface area contributed by atoms with Crippen LogP contribution in [0.2, 0.25) is 0 Å². The van der Waals surface area contributed by atoms with E-state index in [0.29, 0.717) is 23.5 Å². The van der Waals surface area contributed by atoms with Gasteiger partial charge in [-0.3, -0.25) is 30.6 Å². The molecule has 0 aliphatic heterocycles. The summed E-state index contributed by atoms with van der Waals surface area (Å²) in [5.74, 6) is -1.58. The topological polar surface area (TPSA) is 144 Å². The van der Waals surface area contributed by atoms with E-state index >= 15 is 0 Å². The maximum atomic E-state index is 12.7. The predicted molar refractivity (Wildman–Crippen MR) is 129 cm³/mol. The lowest BCUT2D eigenvalue weighted by Gasteiger charge is -2.10. The van der Waals surface area contributed by atoms with Crippen LogP contribution in [-0.4, -0.2) is 21.8 Å². The van der Waals surface area contributed by atoms with Crippen LogP contribution in [0.25, 0.3) is 11.1 Å². The van der Waals surface area contributed by atoms with Crippen molar-refractivity contribution in [3.8, 4) is 22.6 Å². The summed E-state index contributed by atoms with van der Waals surface area (Å²) in [6.45, 7) is 2.39. The zero-order valence-corrected chi connectivity index (χ0v) is 19.1. The maximum Gasteiger partial charge on any atom is 0.311 e. The van der Waals surface area contributed by atoms with Gasteiger partial charge in [0.2, 0.25) is 5.76 Å². The molecule has 3 N–H and O–H groups in total. The highest BCUT2D eigenvalue weighted by Gasteiger charge is 2.20. The minimum atomic E-state index is -0.821. The van der Waals surface area contributed by atoms with Gasteiger partial charge in [-0.25, -0.2) is 0 Å². The lowest BCUT2D eigenvalue weighted by molar-refractivity contribution is -0.385. The zero-order valence-electron chi connectivity index (χ0n) is 19.1. The Balaban J connectivity index is 1.43. The summed E-state index contributed by atoms with van der Waals surface area (Å²) in [6, 6.07) is 19.8. The summed E-state index contributed by atoms with van der Waals surface area (Å²) in [6.07, 6.45) is 1.34. The van der Waals surface area contributed by atoms with E-state index in [-0.39, 0.29) is 11.3 Å². The maximum absolute atomic E-state index is 12.7. The van der Waals surface area contributed by atoms with E-state index in [9.17, 15) is 24.8 Å². The van der Waals surface area contributed by atoms with Crippen molar-refractivity contribution < 1.29 is 28.8 Å². The van der Waals surface area contributed by atoms with E-state index in [4.69, 9.17) is 9.15 Å². The largest absolute Gasteiger partial charge is 0.502 e. The van der Waals surface area contributed by atoms with Crippen molar-refractivity contribution in [2.24, 2.45) is 0 Å². The Hall–Kier alpha value is -5.12. The summed E-state index contributed by atoms with van der Waals surface area (Å²) >= 11 is 0. The number of hydrazine groups is 1. The standard InChI is InChI=1S/C26H21N3O7/c1-16-5-7-17(8-6-16)15-36-20-4-2-3-18(13-20)21-11-12-35-24(21)26(32)28-27-25(31)19-9-10-23(30)22(14-19)29(33)34/h2-14,30H,15H2,1H3,(H,27,31)(H,28,32). The minimum absolute atomic E-state index is 0.0531. The average molecular weight is 487 g/mol. The van der Waals surface area contributed by atoms with Gasteiger partial charge < -0.3 is 14.3 Å². The van der Waals surface area contributed by atoms with Gasteiger partial charge in [0.1, 0.15) is 12.4 Å². The van der Waals surface area contributed by atoms with Gasteiger partial charge in [0, 0.05) is 17.2 Å². The number of aromatic hydroxyl groups is 1. The molecule has 0 spiro atoms. The highest BCUT2D eigenvalue weighted by Crippen LogP contribution is 2.29. The summed E-state index contributed by atoms with van der Waals surface area (Å²) in [4.78, 5) is 35.2. The average Bonchev–Trinajstić information content (AvgIpc) is 3.37. The third-order valence-electron chi connectivity index (χ3n) is 5.27. The van der Waals surface area contributed by atoms with Gasteiger partial charge in [-0.1, -0.05) is 42.0 Å². The molecule has 0 unspecified atom stereocenters. The molecule has 4 aromatic rings. The number of phenolic OH excluding ortho intramolecular Hbond substituents is 1. The summed E-state index contributed by atoms with van der Waals surface area (Å²) < 4.78 is 11.2. The van der Waals surface area contributed by atoms with Crippen LogP contribution in [0.3, 0.4) is 0 Å². The van der Waals surface area contributed by atoms with Crippen molar-refractivity contribution in [3.05, 3.63) is 112 Å². The second-order valence-corrected chi connectivity index (χ2v) is 7.83. The first kappa shape index (κ1) is 24.0. The van der Waals surface area contributed by atoms with Gasteiger partial charge in [0.25, 0.3) is 5.91 Å². The number of benzene rings is 3. The molecule has 4 rings (SSSR count). The van der Waals surface area contributed by atoms with Crippen LogP contribution in [-0.2, 0) is 6.61 Å². The lowest BCUT2D eigenvalue weighted by Crippen LogP contribution is -2.41. The smallest absolute Gasteiger partial charge is 0.311 e. The SMILES string of the molecule is Cc1ccc(COc2cccc(-c3ccoc3C(=O)NNC(=O)c3ccc(O)c([N+](=O)[O-])c3)c2)cc1. The number of hydrogen-bond donors (Lipinski definition) is 3. The van der Waals surface area contributed by atoms with E-state index in [1.165, 1.54) is 12.3 Å². The van der Waals surface area contributed by atoms with Crippen LogP contribution in [0.1, 0.15) is 32.0 Å². The Bertz CT molecular complexity index is 1430. The monoisotopic (exact) mass is 487 g/mol. The molecule has 0 fully saturated rings. The highest BCUT2D eigenvalue weighted by atomic mass is 16.6. The number of amides is 2. The fourth-order valence-corrected chi connectivity index (χ4v) is 3.37.